The van der Waals surface area contributed by atoms with Crippen molar-refractivity contribution in [1.82, 2.24) is 10.6 Å². The minimum atomic E-state index is -0.793. The molecule has 0 saturated carbocycles. The minimum absolute atomic E-state index is 0.163. The molecule has 3 N–H and O–H groups in total. The first-order chi connectivity index (χ1) is 12.8. The number of non-ortho nitro benzene ring substituents is 1. The van der Waals surface area contributed by atoms with E-state index in [0.717, 1.165) is 0 Å². The first kappa shape index (κ1) is 18.1. The molecule has 8 nitrogen and oxygen atoms in total. The number of urea groups is 1. The van der Waals surface area contributed by atoms with Crippen LogP contribution in [0.2, 0.25) is 0 Å². The Bertz CT molecular complexity index is 956. The third-order valence-electron chi connectivity index (χ3n) is 4.03. The smallest absolute Gasteiger partial charge is 0.319 e. The molecule has 3 rings (SSSR count). The zero-order valence-corrected chi connectivity index (χ0v) is 14.2. The van der Waals surface area contributed by atoms with E-state index in [9.17, 15) is 24.1 Å². The number of nitro benzene ring substituents is 1. The highest BCUT2D eigenvalue weighted by Crippen LogP contribution is 2.28. The Labute approximate surface area is 153 Å². The highest BCUT2D eigenvalue weighted by molar-refractivity contribution is 6.06. The number of nitro groups is 1. The van der Waals surface area contributed by atoms with Crippen LogP contribution in [0.25, 0.3) is 0 Å². The van der Waals surface area contributed by atoms with Crippen molar-refractivity contribution in [3.8, 4) is 0 Å². The SMILES string of the molecule is CC1=C(C(=O)Nc2cccc([N+](=O)[O-])c2)[C@H](c2ccc(F)cc2)NC(=O)N1. The molecule has 2 aromatic carbocycles. The summed E-state index contributed by atoms with van der Waals surface area (Å²) in [6.07, 6.45) is 0. The molecule has 1 heterocycles. The van der Waals surface area contributed by atoms with Crippen molar-refractivity contribution in [1.29, 1.82) is 0 Å². The Morgan fingerprint density at radius 1 is 1.22 bits per heavy atom. The number of hydrogen-bond donors (Lipinski definition) is 3. The third kappa shape index (κ3) is 3.92. The Hall–Kier alpha value is -3.75. The second-order valence-electron chi connectivity index (χ2n) is 5.88. The third-order valence-corrected chi connectivity index (χ3v) is 4.03. The van der Waals surface area contributed by atoms with Crippen LogP contribution in [0.4, 0.5) is 20.6 Å². The number of amides is 3. The zero-order valence-electron chi connectivity index (χ0n) is 14.2. The van der Waals surface area contributed by atoms with E-state index in [-0.39, 0.29) is 16.9 Å². The molecule has 0 saturated heterocycles. The van der Waals surface area contributed by atoms with E-state index >= 15 is 0 Å². The summed E-state index contributed by atoms with van der Waals surface area (Å²) in [6.45, 7) is 1.57. The number of anilines is 1. The molecule has 1 atom stereocenters. The van der Waals surface area contributed by atoms with Gasteiger partial charge in [0.25, 0.3) is 11.6 Å². The lowest BCUT2D eigenvalue weighted by molar-refractivity contribution is -0.384. The van der Waals surface area contributed by atoms with Crippen molar-refractivity contribution < 1.29 is 18.9 Å². The molecule has 9 heteroatoms. The summed E-state index contributed by atoms with van der Waals surface area (Å²) in [5.41, 5.74) is 1.14. The summed E-state index contributed by atoms with van der Waals surface area (Å²) < 4.78 is 13.2. The lowest BCUT2D eigenvalue weighted by Gasteiger charge is -2.28. The van der Waals surface area contributed by atoms with E-state index in [1.165, 1.54) is 48.5 Å². The fraction of sp³-hybridized carbons (Fsp3) is 0.111. The summed E-state index contributed by atoms with van der Waals surface area (Å²) in [7, 11) is 0. The number of carbonyl (C=O) groups excluding carboxylic acids is 2. The van der Waals surface area contributed by atoms with Gasteiger partial charge in [0.2, 0.25) is 0 Å². The van der Waals surface area contributed by atoms with Gasteiger partial charge in [-0.1, -0.05) is 18.2 Å². The van der Waals surface area contributed by atoms with E-state index < -0.39 is 28.7 Å². The monoisotopic (exact) mass is 370 g/mol. The maximum Gasteiger partial charge on any atom is 0.319 e. The molecular formula is C18H15FN4O4. The molecule has 0 fully saturated rings. The van der Waals surface area contributed by atoms with E-state index in [2.05, 4.69) is 16.0 Å². The summed E-state index contributed by atoms with van der Waals surface area (Å²) >= 11 is 0. The topological polar surface area (TPSA) is 113 Å². The van der Waals surface area contributed by atoms with Crippen molar-refractivity contribution in [3.63, 3.8) is 0 Å². The van der Waals surface area contributed by atoms with Crippen LogP contribution < -0.4 is 16.0 Å². The van der Waals surface area contributed by atoms with Gasteiger partial charge >= 0.3 is 6.03 Å². The average Bonchev–Trinajstić information content (AvgIpc) is 2.61. The van der Waals surface area contributed by atoms with E-state index in [1.807, 2.05) is 0 Å². The van der Waals surface area contributed by atoms with Crippen LogP contribution in [0.1, 0.15) is 18.5 Å². The second-order valence-corrected chi connectivity index (χ2v) is 5.88. The molecule has 138 valence electrons. The first-order valence-electron chi connectivity index (χ1n) is 7.94. The summed E-state index contributed by atoms with van der Waals surface area (Å²) in [5, 5.41) is 18.6. The van der Waals surface area contributed by atoms with E-state index in [0.29, 0.717) is 11.3 Å². The van der Waals surface area contributed by atoms with Crippen molar-refractivity contribution in [2.45, 2.75) is 13.0 Å². The van der Waals surface area contributed by atoms with E-state index in [1.54, 1.807) is 6.92 Å². The van der Waals surface area contributed by atoms with Crippen LogP contribution in [-0.2, 0) is 4.79 Å². The number of nitrogens with zero attached hydrogens (tertiary/aromatic N) is 1. The number of halogens is 1. The lowest BCUT2D eigenvalue weighted by Crippen LogP contribution is -2.45. The number of allylic oxidation sites excluding steroid dienone is 1. The van der Waals surface area contributed by atoms with Crippen molar-refractivity contribution >= 4 is 23.3 Å². The van der Waals surface area contributed by atoms with Crippen LogP contribution in [0.15, 0.2) is 59.8 Å². The van der Waals surface area contributed by atoms with Gasteiger partial charge < -0.3 is 16.0 Å². The molecule has 1 aliphatic heterocycles. The zero-order chi connectivity index (χ0) is 19.6. The second kappa shape index (κ2) is 7.24. The molecule has 1 aliphatic rings. The van der Waals surface area contributed by atoms with E-state index in [4.69, 9.17) is 0 Å². The fourth-order valence-corrected chi connectivity index (χ4v) is 2.80. The van der Waals surface area contributed by atoms with Gasteiger partial charge in [-0.25, -0.2) is 9.18 Å². The molecule has 2 aromatic rings. The number of carbonyl (C=O) groups is 2. The first-order valence-corrected chi connectivity index (χ1v) is 7.94. The van der Waals surface area contributed by atoms with Crippen LogP contribution in [0.5, 0.6) is 0 Å². The molecule has 0 radical (unpaired) electrons. The average molecular weight is 370 g/mol. The molecule has 0 aromatic heterocycles. The Morgan fingerprint density at radius 3 is 2.59 bits per heavy atom. The lowest BCUT2D eigenvalue weighted by atomic mass is 9.95. The van der Waals surface area contributed by atoms with Crippen LogP contribution >= 0.6 is 0 Å². The standard InChI is InChI=1S/C18H15FN4O4/c1-10-15(17(24)21-13-3-2-4-14(9-13)23(26)27)16(22-18(25)20-10)11-5-7-12(19)8-6-11/h2-9,16H,1H3,(H,21,24)(H2,20,22,25)/t16-/m0/s1. The van der Waals surface area contributed by atoms with Gasteiger partial charge in [0.05, 0.1) is 16.5 Å². The van der Waals surface area contributed by atoms with Crippen LogP contribution in [0.3, 0.4) is 0 Å². The van der Waals surface area contributed by atoms with Crippen LogP contribution in [-0.4, -0.2) is 16.9 Å². The molecule has 0 unspecified atom stereocenters. The van der Waals surface area contributed by atoms with Crippen molar-refractivity contribution in [3.05, 3.63) is 81.3 Å². The van der Waals surface area contributed by atoms with Gasteiger partial charge in [-0.15, -0.1) is 0 Å². The molecule has 27 heavy (non-hydrogen) atoms. The van der Waals surface area contributed by atoms with Gasteiger partial charge in [0.1, 0.15) is 5.82 Å². The normalized spacial score (nSPS) is 16.4. The Kier molecular flexibility index (Phi) is 4.84. The van der Waals surface area contributed by atoms with Gasteiger partial charge in [-0.2, -0.15) is 0 Å². The van der Waals surface area contributed by atoms with Gasteiger partial charge in [0.15, 0.2) is 0 Å². The molecule has 0 aliphatic carbocycles. The predicted molar refractivity (Wildman–Crippen MR) is 95.2 cm³/mol. The van der Waals surface area contributed by atoms with Crippen molar-refractivity contribution in [2.24, 2.45) is 0 Å². The predicted octanol–water partition coefficient (Wildman–Crippen LogP) is 3.00. The maximum absolute atomic E-state index is 13.2. The summed E-state index contributed by atoms with van der Waals surface area (Å²) in [4.78, 5) is 35.0. The molecule has 3 amide bonds. The minimum Gasteiger partial charge on any atom is -0.327 e. The van der Waals surface area contributed by atoms with Gasteiger partial charge in [-0.05, 0) is 30.7 Å². The van der Waals surface area contributed by atoms with Crippen molar-refractivity contribution in [2.75, 3.05) is 5.32 Å². The number of benzene rings is 2. The highest BCUT2D eigenvalue weighted by atomic mass is 19.1. The van der Waals surface area contributed by atoms with Gasteiger partial charge in [0, 0.05) is 23.5 Å². The Morgan fingerprint density at radius 2 is 1.93 bits per heavy atom. The number of nitrogens with one attached hydrogen (secondary N) is 3. The summed E-state index contributed by atoms with van der Waals surface area (Å²) in [6, 6.07) is 9.63. The fourth-order valence-electron chi connectivity index (χ4n) is 2.80. The molecule has 0 bridgehead atoms. The molecule has 0 spiro atoms. The quantitative estimate of drug-likeness (QED) is 0.567. The molecular weight excluding hydrogens is 355 g/mol. The number of rotatable bonds is 4. The number of hydrogen-bond acceptors (Lipinski definition) is 4. The van der Waals surface area contributed by atoms with Gasteiger partial charge in [-0.3, -0.25) is 14.9 Å². The highest BCUT2D eigenvalue weighted by Gasteiger charge is 2.31. The maximum atomic E-state index is 13.2. The largest absolute Gasteiger partial charge is 0.327 e. The van der Waals surface area contributed by atoms with Crippen LogP contribution in [0, 0.1) is 15.9 Å². The Balaban J connectivity index is 1.93. The summed E-state index contributed by atoms with van der Waals surface area (Å²) in [5.74, 6) is -0.989.